The second-order valence-electron chi connectivity index (χ2n) is 5.02. The van der Waals surface area contributed by atoms with Crippen LogP contribution in [0.1, 0.15) is 5.56 Å². The number of amides is 2. The lowest BCUT2D eigenvalue weighted by Gasteiger charge is -2.32. The SMILES string of the molecule is CN1C(=O)CN(c2ccc(CC(N)C(=O)O)cc2)CC1=O. The maximum Gasteiger partial charge on any atom is 0.320 e. The van der Waals surface area contributed by atoms with Crippen molar-refractivity contribution in [1.82, 2.24) is 4.90 Å². The van der Waals surface area contributed by atoms with Crippen molar-refractivity contribution in [2.24, 2.45) is 5.73 Å². The minimum atomic E-state index is -1.05. The van der Waals surface area contributed by atoms with Crippen LogP contribution in [0.15, 0.2) is 24.3 Å². The predicted octanol–water partition coefficient (Wildman–Crippen LogP) is -0.554. The molecule has 0 spiro atoms. The van der Waals surface area contributed by atoms with Gasteiger partial charge < -0.3 is 15.7 Å². The molecule has 0 aliphatic carbocycles. The van der Waals surface area contributed by atoms with E-state index in [1.165, 1.54) is 7.05 Å². The van der Waals surface area contributed by atoms with Gasteiger partial charge in [0.2, 0.25) is 11.8 Å². The third-order valence-corrected chi connectivity index (χ3v) is 3.47. The van der Waals surface area contributed by atoms with E-state index in [-0.39, 0.29) is 31.3 Å². The highest BCUT2D eigenvalue weighted by Gasteiger charge is 2.28. The summed E-state index contributed by atoms with van der Waals surface area (Å²) in [5, 5.41) is 8.77. The summed E-state index contributed by atoms with van der Waals surface area (Å²) in [6, 6.07) is 6.09. The summed E-state index contributed by atoms with van der Waals surface area (Å²) in [6.07, 6.45) is 0.232. The zero-order valence-corrected chi connectivity index (χ0v) is 11.7. The van der Waals surface area contributed by atoms with E-state index in [1.54, 1.807) is 29.2 Å². The number of carbonyl (C=O) groups excluding carboxylic acids is 2. The number of carboxylic acids is 1. The Morgan fingerprint density at radius 3 is 2.24 bits per heavy atom. The summed E-state index contributed by atoms with van der Waals surface area (Å²) in [7, 11) is 1.47. The van der Waals surface area contributed by atoms with Gasteiger partial charge in [-0.3, -0.25) is 19.3 Å². The molecule has 1 aromatic carbocycles. The maximum atomic E-state index is 11.7. The lowest BCUT2D eigenvalue weighted by molar-refractivity contribution is -0.143. The fraction of sp³-hybridized carbons (Fsp3) is 0.357. The first-order valence-corrected chi connectivity index (χ1v) is 6.50. The van der Waals surface area contributed by atoms with Gasteiger partial charge in [0, 0.05) is 12.7 Å². The average molecular weight is 291 g/mol. The number of carboxylic acid groups (broad SMARTS) is 1. The van der Waals surface area contributed by atoms with Crippen molar-refractivity contribution in [3.05, 3.63) is 29.8 Å². The first-order valence-electron chi connectivity index (χ1n) is 6.50. The average Bonchev–Trinajstić information content (AvgIpc) is 2.45. The fourth-order valence-electron chi connectivity index (χ4n) is 2.10. The van der Waals surface area contributed by atoms with E-state index in [4.69, 9.17) is 10.8 Å². The Morgan fingerprint density at radius 1 is 1.24 bits per heavy atom. The van der Waals surface area contributed by atoms with E-state index in [1.807, 2.05) is 0 Å². The van der Waals surface area contributed by atoms with E-state index in [2.05, 4.69) is 0 Å². The number of hydrogen-bond acceptors (Lipinski definition) is 5. The smallest absolute Gasteiger partial charge is 0.320 e. The lowest BCUT2D eigenvalue weighted by Crippen LogP contribution is -2.52. The van der Waals surface area contributed by atoms with Gasteiger partial charge in [-0.05, 0) is 24.1 Å². The van der Waals surface area contributed by atoms with Crippen LogP contribution in [0.25, 0.3) is 0 Å². The summed E-state index contributed by atoms with van der Waals surface area (Å²) < 4.78 is 0. The number of benzene rings is 1. The van der Waals surface area contributed by atoms with Crippen molar-refractivity contribution in [2.75, 3.05) is 25.0 Å². The summed E-state index contributed by atoms with van der Waals surface area (Å²) in [4.78, 5) is 36.8. The Hall–Kier alpha value is -2.41. The zero-order valence-electron chi connectivity index (χ0n) is 11.7. The monoisotopic (exact) mass is 291 g/mol. The molecule has 1 fully saturated rings. The Labute approximate surface area is 121 Å². The van der Waals surface area contributed by atoms with Crippen LogP contribution in [-0.2, 0) is 20.8 Å². The van der Waals surface area contributed by atoms with Crippen LogP contribution in [0, 0.1) is 0 Å². The van der Waals surface area contributed by atoms with Crippen LogP contribution in [-0.4, -0.2) is 54.0 Å². The number of carbonyl (C=O) groups is 3. The normalized spacial score (nSPS) is 17.0. The number of imide groups is 1. The Morgan fingerprint density at radius 2 is 1.76 bits per heavy atom. The summed E-state index contributed by atoms with van der Waals surface area (Å²) in [5.74, 6) is -1.54. The van der Waals surface area contributed by atoms with Crippen molar-refractivity contribution < 1.29 is 19.5 Å². The molecule has 1 aromatic rings. The topological polar surface area (TPSA) is 104 Å². The van der Waals surface area contributed by atoms with Crippen LogP contribution in [0.5, 0.6) is 0 Å². The van der Waals surface area contributed by atoms with E-state index >= 15 is 0 Å². The highest BCUT2D eigenvalue weighted by atomic mass is 16.4. The minimum absolute atomic E-state index is 0.149. The Bertz CT molecular complexity index is 552. The molecule has 2 amide bonds. The van der Waals surface area contributed by atoms with E-state index in [0.717, 1.165) is 16.2 Å². The number of hydrogen-bond donors (Lipinski definition) is 2. The van der Waals surface area contributed by atoms with Crippen LogP contribution >= 0.6 is 0 Å². The largest absolute Gasteiger partial charge is 0.480 e. The van der Waals surface area contributed by atoms with Gasteiger partial charge in [0.15, 0.2) is 0 Å². The molecule has 1 aliphatic rings. The van der Waals surface area contributed by atoms with Crippen molar-refractivity contribution in [3.8, 4) is 0 Å². The van der Waals surface area contributed by atoms with Crippen LogP contribution < -0.4 is 10.6 Å². The third kappa shape index (κ3) is 3.38. The molecule has 112 valence electrons. The maximum absolute atomic E-state index is 11.7. The van der Waals surface area contributed by atoms with Gasteiger partial charge in [0.25, 0.3) is 0 Å². The zero-order chi connectivity index (χ0) is 15.6. The highest BCUT2D eigenvalue weighted by molar-refractivity contribution is 6.02. The number of likely N-dealkylation sites (N-methyl/N-ethyl adjacent to an activating group) is 1. The second-order valence-corrected chi connectivity index (χ2v) is 5.02. The summed E-state index contributed by atoms with van der Waals surface area (Å²) >= 11 is 0. The predicted molar refractivity (Wildman–Crippen MR) is 75.7 cm³/mol. The molecule has 0 radical (unpaired) electrons. The standard InChI is InChI=1S/C14H17N3O4/c1-16-12(18)7-17(8-13(16)19)10-4-2-9(3-5-10)6-11(15)14(20)21/h2-5,11H,6-8,15H2,1H3,(H,20,21). The molecule has 1 heterocycles. The number of anilines is 1. The molecule has 1 unspecified atom stereocenters. The van der Waals surface area contributed by atoms with Crippen molar-refractivity contribution in [1.29, 1.82) is 0 Å². The fourth-order valence-corrected chi connectivity index (χ4v) is 2.10. The molecule has 0 aromatic heterocycles. The Balaban J connectivity index is 2.07. The van der Waals surface area contributed by atoms with Gasteiger partial charge in [0.05, 0.1) is 13.1 Å². The number of aliphatic carboxylic acids is 1. The second kappa shape index (κ2) is 5.92. The molecule has 1 atom stereocenters. The molecule has 2 rings (SSSR count). The number of rotatable bonds is 4. The molecule has 21 heavy (non-hydrogen) atoms. The first kappa shape index (κ1) is 15.0. The van der Waals surface area contributed by atoms with Gasteiger partial charge in [-0.15, -0.1) is 0 Å². The molecule has 1 aliphatic heterocycles. The molecule has 7 nitrogen and oxygen atoms in total. The number of nitrogens with two attached hydrogens (primary N) is 1. The lowest BCUT2D eigenvalue weighted by atomic mass is 10.1. The van der Waals surface area contributed by atoms with Crippen LogP contribution in [0.3, 0.4) is 0 Å². The Kier molecular flexibility index (Phi) is 4.23. The quantitative estimate of drug-likeness (QED) is 0.721. The van der Waals surface area contributed by atoms with E-state index < -0.39 is 12.0 Å². The first-order chi connectivity index (χ1) is 9.88. The van der Waals surface area contributed by atoms with Crippen molar-refractivity contribution in [2.45, 2.75) is 12.5 Å². The van der Waals surface area contributed by atoms with Gasteiger partial charge in [-0.25, -0.2) is 0 Å². The van der Waals surface area contributed by atoms with Gasteiger partial charge in [-0.1, -0.05) is 12.1 Å². The molecule has 1 saturated heterocycles. The van der Waals surface area contributed by atoms with Gasteiger partial charge >= 0.3 is 5.97 Å². The number of nitrogens with zero attached hydrogens (tertiary/aromatic N) is 2. The highest BCUT2D eigenvalue weighted by Crippen LogP contribution is 2.18. The van der Waals surface area contributed by atoms with E-state index in [0.29, 0.717) is 0 Å². The number of piperazine rings is 1. The van der Waals surface area contributed by atoms with Crippen LogP contribution in [0.2, 0.25) is 0 Å². The summed E-state index contributed by atoms with van der Waals surface area (Å²) in [5.41, 5.74) is 7.02. The molecular weight excluding hydrogens is 274 g/mol. The van der Waals surface area contributed by atoms with Gasteiger partial charge in [-0.2, -0.15) is 0 Å². The molecule has 7 heteroatoms. The molecule has 0 bridgehead atoms. The molecular formula is C14H17N3O4. The van der Waals surface area contributed by atoms with Crippen molar-refractivity contribution >= 4 is 23.5 Å². The van der Waals surface area contributed by atoms with E-state index in [9.17, 15) is 14.4 Å². The van der Waals surface area contributed by atoms with Crippen LogP contribution in [0.4, 0.5) is 5.69 Å². The summed E-state index contributed by atoms with van der Waals surface area (Å²) in [6.45, 7) is 0.298. The third-order valence-electron chi connectivity index (χ3n) is 3.47. The van der Waals surface area contributed by atoms with Crippen molar-refractivity contribution in [3.63, 3.8) is 0 Å². The minimum Gasteiger partial charge on any atom is -0.480 e. The molecule has 3 N–H and O–H groups in total. The van der Waals surface area contributed by atoms with Gasteiger partial charge in [0.1, 0.15) is 6.04 Å². The molecule has 0 saturated carbocycles.